The first kappa shape index (κ1) is 20.1. The van der Waals surface area contributed by atoms with Gasteiger partial charge in [-0.25, -0.2) is 0 Å². The zero-order chi connectivity index (χ0) is 13.4. The van der Waals surface area contributed by atoms with Crippen LogP contribution in [0.2, 0.25) is 4.44 Å². The fraction of sp³-hybridized carbons (Fsp3) is 1.00. The van der Waals surface area contributed by atoms with Gasteiger partial charge in [-0.3, -0.25) is 0 Å². The average molecular weight is 347 g/mol. The fourth-order valence-electron chi connectivity index (χ4n) is 1.61. The number of hydrogen-bond donors (Lipinski definition) is 0. The molecule has 0 heterocycles. The van der Waals surface area contributed by atoms with Gasteiger partial charge in [0.05, 0.1) is 0 Å². The van der Waals surface area contributed by atoms with Crippen molar-refractivity contribution in [2.45, 2.75) is 75.6 Å². The molecule has 0 spiro atoms. The summed E-state index contributed by atoms with van der Waals surface area (Å²) in [6.45, 7) is 2.28. The quantitative estimate of drug-likeness (QED) is 0.410. The van der Waals surface area contributed by atoms with Crippen molar-refractivity contribution in [3.8, 4) is 0 Å². The van der Waals surface area contributed by atoms with Gasteiger partial charge in [0.25, 0.3) is 0 Å². The van der Waals surface area contributed by atoms with Crippen LogP contribution >= 0.6 is 0 Å². The molecule has 1 nitrogen and oxygen atoms in total. The standard InChI is InChI=1S/C12H25.C3H9N.Sn/c1-3-5-7-9-11-12-10-8-6-4-2;1-4(2)3;/h1,3-12H2,2H3;1-3H3;/q;;+1. The Morgan fingerprint density at radius 3 is 1.24 bits per heavy atom. The molecule has 0 N–H and O–H groups in total. The summed E-state index contributed by atoms with van der Waals surface area (Å²) in [5, 5.41) is 0. The van der Waals surface area contributed by atoms with Crippen LogP contribution in [0.3, 0.4) is 0 Å². The van der Waals surface area contributed by atoms with E-state index in [1.165, 1.54) is 68.6 Å². The van der Waals surface area contributed by atoms with Gasteiger partial charge >= 0.3 is 98.1 Å². The smallest absolute Gasteiger partial charge is 0.0140 e. The van der Waals surface area contributed by atoms with Gasteiger partial charge in [-0.1, -0.05) is 0 Å². The van der Waals surface area contributed by atoms with Crippen molar-refractivity contribution in [2.24, 2.45) is 0 Å². The van der Waals surface area contributed by atoms with Crippen molar-refractivity contribution in [2.75, 3.05) is 21.1 Å². The Balaban J connectivity index is 0. The molecule has 0 bridgehead atoms. The average Bonchev–Trinajstić information content (AvgIpc) is 2.26. The summed E-state index contributed by atoms with van der Waals surface area (Å²) in [6, 6.07) is 0. The van der Waals surface area contributed by atoms with E-state index in [-0.39, 0.29) is 0 Å². The molecule has 0 saturated carbocycles. The maximum atomic E-state index is 2.28. The minimum atomic E-state index is 1.37. The second-order valence-electron chi connectivity index (χ2n) is 5.27. The maximum Gasteiger partial charge on any atom is -0.0140 e. The second-order valence-corrected chi connectivity index (χ2v) is 6.70. The molecule has 102 valence electrons. The Morgan fingerprint density at radius 2 is 0.941 bits per heavy atom. The van der Waals surface area contributed by atoms with Crippen LogP contribution in [0, 0.1) is 0 Å². The molecule has 0 aromatic rings. The number of unbranched alkanes of at least 4 members (excludes halogenated alkanes) is 9. The summed E-state index contributed by atoms with van der Waals surface area (Å²) in [5.41, 5.74) is 0. The van der Waals surface area contributed by atoms with Crippen molar-refractivity contribution in [1.82, 2.24) is 4.90 Å². The summed E-state index contributed by atoms with van der Waals surface area (Å²) in [7, 11) is 6.00. The van der Waals surface area contributed by atoms with Gasteiger partial charge in [-0.15, -0.1) is 0 Å². The van der Waals surface area contributed by atoms with E-state index in [1.807, 2.05) is 26.0 Å². The minimum Gasteiger partial charge on any atom is -0.312 e. The summed E-state index contributed by atoms with van der Waals surface area (Å²) in [5.74, 6) is 0. The van der Waals surface area contributed by atoms with E-state index in [0.717, 1.165) is 0 Å². The number of hydrogen-bond acceptors (Lipinski definition) is 1. The van der Waals surface area contributed by atoms with E-state index in [1.54, 1.807) is 22.5 Å². The third-order valence-corrected chi connectivity index (χ3v) is 3.54. The monoisotopic (exact) mass is 348 g/mol. The van der Waals surface area contributed by atoms with E-state index in [4.69, 9.17) is 0 Å². The summed E-state index contributed by atoms with van der Waals surface area (Å²) < 4.78 is 1.46. The Bertz CT molecular complexity index is 103. The van der Waals surface area contributed by atoms with E-state index in [9.17, 15) is 0 Å². The van der Waals surface area contributed by atoms with Crippen molar-refractivity contribution in [3.63, 3.8) is 0 Å². The zero-order valence-corrected chi connectivity index (χ0v) is 15.6. The van der Waals surface area contributed by atoms with Crippen LogP contribution in [0.1, 0.15) is 71.1 Å². The predicted octanol–water partition coefficient (Wildman–Crippen LogP) is 4.67. The third kappa shape index (κ3) is 31.5. The van der Waals surface area contributed by atoms with Gasteiger partial charge in [0, 0.05) is 0 Å². The van der Waals surface area contributed by atoms with E-state index < -0.39 is 0 Å². The first-order chi connectivity index (χ1) is 8.15. The molecule has 0 aliphatic carbocycles. The molecule has 17 heavy (non-hydrogen) atoms. The first-order valence-electron chi connectivity index (χ1n) is 7.40. The molecule has 0 aromatic carbocycles. The van der Waals surface area contributed by atoms with Crippen molar-refractivity contribution in [3.05, 3.63) is 0 Å². The van der Waals surface area contributed by atoms with Gasteiger partial charge in [0.15, 0.2) is 0 Å². The Labute approximate surface area is 124 Å². The SMILES string of the molecule is CCCCCCCCCCC[CH2][Sn+].CN(C)C. The van der Waals surface area contributed by atoms with Crippen LogP contribution in [-0.4, -0.2) is 48.6 Å². The largest absolute Gasteiger partial charge is 0.312 e. The molecule has 0 aromatic heterocycles. The van der Waals surface area contributed by atoms with Crippen molar-refractivity contribution >= 4 is 22.5 Å². The summed E-state index contributed by atoms with van der Waals surface area (Å²) in [6.07, 6.45) is 14.7. The van der Waals surface area contributed by atoms with Crippen molar-refractivity contribution in [1.29, 1.82) is 0 Å². The Hall–Kier alpha value is 0.759. The number of rotatable bonds is 10. The Morgan fingerprint density at radius 1 is 0.647 bits per heavy atom. The van der Waals surface area contributed by atoms with Gasteiger partial charge in [0.2, 0.25) is 0 Å². The molecular formula is C15H34NSn+. The van der Waals surface area contributed by atoms with Crippen molar-refractivity contribution < 1.29 is 0 Å². The molecule has 2 radical (unpaired) electrons. The van der Waals surface area contributed by atoms with E-state index in [2.05, 4.69) is 6.92 Å². The summed E-state index contributed by atoms with van der Waals surface area (Å²) >= 11 is 1.72. The van der Waals surface area contributed by atoms with Gasteiger partial charge < -0.3 is 4.90 Å². The van der Waals surface area contributed by atoms with Gasteiger partial charge in [-0.2, -0.15) is 0 Å². The van der Waals surface area contributed by atoms with Crippen LogP contribution in [0.5, 0.6) is 0 Å². The molecule has 2 heteroatoms. The molecule has 0 rings (SSSR count). The van der Waals surface area contributed by atoms with Gasteiger partial charge in [-0.05, 0) is 21.1 Å². The fourth-order valence-corrected chi connectivity index (χ4v) is 2.33. The minimum absolute atomic E-state index is 1.37. The van der Waals surface area contributed by atoms with Gasteiger partial charge in [0.1, 0.15) is 0 Å². The molecular weight excluding hydrogens is 313 g/mol. The molecule has 0 aliphatic rings. The van der Waals surface area contributed by atoms with Crippen LogP contribution in [0.4, 0.5) is 0 Å². The topological polar surface area (TPSA) is 3.24 Å². The maximum absolute atomic E-state index is 2.28. The van der Waals surface area contributed by atoms with Crippen LogP contribution in [-0.2, 0) is 0 Å². The molecule has 0 aliphatic heterocycles. The summed E-state index contributed by atoms with van der Waals surface area (Å²) in [4.78, 5) is 2.00. The molecule has 0 fully saturated rings. The molecule has 0 amide bonds. The molecule has 0 unspecified atom stereocenters. The van der Waals surface area contributed by atoms with E-state index >= 15 is 0 Å². The Kier molecular flexibility index (Phi) is 22.6. The van der Waals surface area contributed by atoms with E-state index in [0.29, 0.717) is 0 Å². The second kappa shape index (κ2) is 19.1. The van der Waals surface area contributed by atoms with Crippen LogP contribution < -0.4 is 0 Å². The third-order valence-electron chi connectivity index (χ3n) is 2.53. The number of nitrogens with zero attached hydrogens (tertiary/aromatic N) is 1. The van der Waals surface area contributed by atoms with Crippen LogP contribution in [0.25, 0.3) is 0 Å². The molecule has 0 atom stereocenters. The normalized spacial score (nSPS) is 10.2. The predicted molar refractivity (Wildman–Crippen MR) is 82.0 cm³/mol. The zero-order valence-electron chi connectivity index (χ0n) is 12.7. The molecule has 0 saturated heterocycles. The first-order valence-corrected chi connectivity index (χ1v) is 9.42. The van der Waals surface area contributed by atoms with Crippen LogP contribution in [0.15, 0.2) is 0 Å².